The van der Waals surface area contributed by atoms with Gasteiger partial charge >= 0.3 is 12.2 Å². The second-order valence-electron chi connectivity index (χ2n) is 6.49. The van der Waals surface area contributed by atoms with E-state index in [9.17, 15) is 18.0 Å². The summed E-state index contributed by atoms with van der Waals surface area (Å²) in [5.74, 6) is -0.259. The van der Waals surface area contributed by atoms with Crippen LogP contribution in [0.2, 0.25) is 0 Å². The smallest absolute Gasteiger partial charge is 0.427 e. The molecule has 164 valence electrons. The molecule has 0 radical (unpaired) electrons. The number of rotatable bonds is 3. The summed E-state index contributed by atoms with van der Waals surface area (Å²) in [5.41, 5.74) is 0.243. The maximum absolute atomic E-state index is 13.4. The first-order valence-corrected chi connectivity index (χ1v) is 9.30. The molecule has 1 N–H and O–H groups in total. The highest BCUT2D eigenvalue weighted by Crippen LogP contribution is 2.43. The molecule has 0 aromatic carbocycles. The third-order valence-electron chi connectivity index (χ3n) is 4.49. The molecule has 0 fully saturated rings. The van der Waals surface area contributed by atoms with E-state index < -0.39 is 36.4 Å². The van der Waals surface area contributed by atoms with Crippen LogP contribution in [-0.4, -0.2) is 63.5 Å². The SMILES string of the molecule is COc1cncc2c1OC(C(F)(F)F)CN2C(=O)NC1=C[C@H](Cl)C(n2nccn2)N=C1. The van der Waals surface area contributed by atoms with E-state index in [1.54, 1.807) is 0 Å². The van der Waals surface area contributed by atoms with Crippen molar-refractivity contribution in [2.45, 2.75) is 23.8 Å². The molecule has 2 aromatic rings. The minimum Gasteiger partial charge on any atom is -0.491 e. The number of fused-ring (bicyclic) bond motifs is 1. The highest BCUT2D eigenvalue weighted by molar-refractivity contribution is 6.22. The average molecular weight is 458 g/mol. The average Bonchev–Trinajstić information content (AvgIpc) is 3.26. The lowest BCUT2D eigenvalue weighted by Crippen LogP contribution is -2.53. The van der Waals surface area contributed by atoms with Crippen molar-refractivity contribution in [1.29, 1.82) is 0 Å². The van der Waals surface area contributed by atoms with Gasteiger partial charge in [-0.15, -0.1) is 11.6 Å². The maximum Gasteiger partial charge on any atom is 0.427 e. The molecule has 4 rings (SSSR count). The molecule has 0 saturated carbocycles. The third kappa shape index (κ3) is 4.13. The Balaban J connectivity index is 1.57. The second-order valence-corrected chi connectivity index (χ2v) is 6.99. The van der Waals surface area contributed by atoms with E-state index in [4.69, 9.17) is 21.1 Å². The van der Waals surface area contributed by atoms with Crippen LogP contribution in [0.3, 0.4) is 0 Å². The molecule has 10 nitrogen and oxygen atoms in total. The van der Waals surface area contributed by atoms with Gasteiger partial charge in [-0.2, -0.15) is 28.2 Å². The van der Waals surface area contributed by atoms with E-state index in [0.29, 0.717) is 0 Å². The summed E-state index contributed by atoms with van der Waals surface area (Å²) in [4.78, 5) is 23.1. The van der Waals surface area contributed by atoms with Crippen LogP contribution in [-0.2, 0) is 0 Å². The van der Waals surface area contributed by atoms with Crippen LogP contribution in [0.1, 0.15) is 6.17 Å². The molecular formula is C17H15ClF3N7O3. The van der Waals surface area contributed by atoms with Crippen LogP contribution in [0.5, 0.6) is 11.5 Å². The normalized spacial score (nSPS) is 22.9. The molecular weight excluding hydrogens is 443 g/mol. The van der Waals surface area contributed by atoms with Crippen LogP contribution >= 0.6 is 11.6 Å². The summed E-state index contributed by atoms with van der Waals surface area (Å²) in [7, 11) is 1.26. The number of hydrogen-bond acceptors (Lipinski definition) is 7. The van der Waals surface area contributed by atoms with Gasteiger partial charge in [-0.05, 0) is 6.08 Å². The number of amides is 2. The molecule has 0 aliphatic carbocycles. The van der Waals surface area contributed by atoms with Crippen LogP contribution in [0.4, 0.5) is 23.7 Å². The predicted octanol–water partition coefficient (Wildman–Crippen LogP) is 2.30. The monoisotopic (exact) mass is 457 g/mol. The van der Waals surface area contributed by atoms with Crippen LogP contribution in [0.25, 0.3) is 0 Å². The fraction of sp³-hybridized carbons (Fsp3) is 0.353. The summed E-state index contributed by atoms with van der Waals surface area (Å²) in [6.07, 6.45) is 0.607. The van der Waals surface area contributed by atoms with Gasteiger partial charge in [0.25, 0.3) is 0 Å². The first-order chi connectivity index (χ1) is 14.8. The van der Waals surface area contributed by atoms with Gasteiger partial charge in [0.15, 0.2) is 17.7 Å². The number of anilines is 1. The zero-order valence-corrected chi connectivity index (χ0v) is 16.6. The lowest BCUT2D eigenvalue weighted by Gasteiger charge is -2.35. The minimum atomic E-state index is -4.71. The molecule has 4 heterocycles. The van der Waals surface area contributed by atoms with Crippen molar-refractivity contribution in [2.75, 3.05) is 18.6 Å². The number of dihydropyridines is 1. The largest absolute Gasteiger partial charge is 0.491 e. The number of methoxy groups -OCH3 is 1. The van der Waals surface area contributed by atoms with E-state index in [1.807, 2.05) is 0 Å². The van der Waals surface area contributed by atoms with E-state index in [1.165, 1.54) is 49.0 Å². The predicted molar refractivity (Wildman–Crippen MR) is 102 cm³/mol. The van der Waals surface area contributed by atoms with Gasteiger partial charge in [0.1, 0.15) is 5.69 Å². The number of hydrogen-bond donors (Lipinski definition) is 1. The quantitative estimate of drug-likeness (QED) is 0.709. The van der Waals surface area contributed by atoms with E-state index in [2.05, 4.69) is 25.5 Å². The van der Waals surface area contributed by atoms with Crippen molar-refractivity contribution < 1.29 is 27.4 Å². The maximum atomic E-state index is 13.4. The molecule has 3 atom stereocenters. The molecule has 0 spiro atoms. The number of urea groups is 1. The summed E-state index contributed by atoms with van der Waals surface area (Å²) >= 11 is 6.29. The van der Waals surface area contributed by atoms with Crippen molar-refractivity contribution >= 4 is 29.5 Å². The van der Waals surface area contributed by atoms with Crippen molar-refractivity contribution in [3.05, 3.63) is 36.6 Å². The van der Waals surface area contributed by atoms with Gasteiger partial charge in [-0.25, -0.2) is 4.79 Å². The third-order valence-corrected chi connectivity index (χ3v) is 4.84. The van der Waals surface area contributed by atoms with Crippen molar-refractivity contribution in [3.63, 3.8) is 0 Å². The minimum absolute atomic E-state index is 0.0296. The molecule has 2 unspecified atom stereocenters. The number of halogens is 4. The molecule has 2 aromatic heterocycles. The summed E-state index contributed by atoms with van der Waals surface area (Å²) in [5, 5.41) is 9.74. The molecule has 2 aliphatic rings. The number of carbonyl (C=O) groups is 1. The number of carbonyl (C=O) groups excluding carboxylic acids is 1. The molecule has 14 heteroatoms. The molecule has 31 heavy (non-hydrogen) atoms. The number of nitrogens with one attached hydrogen (secondary N) is 1. The van der Waals surface area contributed by atoms with Gasteiger partial charge < -0.3 is 14.8 Å². The molecule has 0 bridgehead atoms. The second kappa shape index (κ2) is 8.06. The Morgan fingerprint density at radius 3 is 2.71 bits per heavy atom. The zero-order chi connectivity index (χ0) is 22.2. The molecule has 0 saturated heterocycles. The summed E-state index contributed by atoms with van der Waals surface area (Å²) < 4.78 is 50.3. The van der Waals surface area contributed by atoms with E-state index in [0.717, 1.165) is 4.90 Å². The standard InChI is InChI=1S/C17H15ClF3N7O3/c1-30-12-7-22-6-11-14(12)31-13(17(19,20)21)8-27(11)16(29)26-9-4-10(18)15(23-5-9)28-24-2-3-25-28/h2-7,10,13,15H,8H2,1H3,(H,26,29)/t10-,13?,15?/m0/s1. The van der Waals surface area contributed by atoms with E-state index >= 15 is 0 Å². The first-order valence-electron chi connectivity index (χ1n) is 8.86. The lowest BCUT2D eigenvalue weighted by molar-refractivity contribution is -0.193. The van der Waals surface area contributed by atoms with Crippen LogP contribution in [0, 0.1) is 0 Å². The topological polar surface area (TPSA) is 107 Å². The zero-order valence-electron chi connectivity index (χ0n) is 15.8. The number of ether oxygens (including phenoxy) is 2. The number of aromatic nitrogens is 4. The van der Waals surface area contributed by atoms with Crippen molar-refractivity contribution in [2.24, 2.45) is 4.99 Å². The van der Waals surface area contributed by atoms with Crippen molar-refractivity contribution in [1.82, 2.24) is 25.3 Å². The van der Waals surface area contributed by atoms with Crippen LogP contribution in [0.15, 0.2) is 41.6 Å². The number of nitrogens with zero attached hydrogens (tertiary/aromatic N) is 6. The fourth-order valence-electron chi connectivity index (χ4n) is 3.04. The summed E-state index contributed by atoms with van der Waals surface area (Å²) in [6.45, 7) is -0.772. The fourth-order valence-corrected chi connectivity index (χ4v) is 3.34. The van der Waals surface area contributed by atoms with E-state index in [-0.39, 0.29) is 22.9 Å². The Hall–Kier alpha value is -3.35. The highest BCUT2D eigenvalue weighted by atomic mass is 35.5. The van der Waals surface area contributed by atoms with Gasteiger partial charge in [-0.3, -0.25) is 14.9 Å². The van der Waals surface area contributed by atoms with Gasteiger partial charge in [0.2, 0.25) is 6.10 Å². The lowest BCUT2D eigenvalue weighted by atomic mass is 10.2. The van der Waals surface area contributed by atoms with Crippen molar-refractivity contribution in [3.8, 4) is 11.5 Å². The first kappa shape index (κ1) is 20.9. The molecule has 2 amide bonds. The molecule has 2 aliphatic heterocycles. The Labute approximate surface area is 178 Å². The Morgan fingerprint density at radius 1 is 1.32 bits per heavy atom. The summed E-state index contributed by atoms with van der Waals surface area (Å²) in [6, 6.07) is -0.842. The Kier molecular flexibility index (Phi) is 5.43. The Bertz CT molecular complexity index is 1030. The number of pyridine rings is 1. The van der Waals surface area contributed by atoms with Gasteiger partial charge in [-0.1, -0.05) is 0 Å². The highest BCUT2D eigenvalue weighted by Gasteiger charge is 2.48. The van der Waals surface area contributed by atoms with Gasteiger partial charge in [0.05, 0.1) is 49.5 Å². The van der Waals surface area contributed by atoms with Crippen LogP contribution < -0.4 is 19.7 Å². The number of alkyl halides is 4. The number of allylic oxidation sites excluding steroid dienone is 1. The van der Waals surface area contributed by atoms with Gasteiger partial charge in [0, 0.05) is 6.21 Å². The number of aliphatic imine (C=N–C) groups is 1. The Morgan fingerprint density at radius 2 is 2.06 bits per heavy atom.